The Hall–Kier alpha value is -3.58. The molecular formula is C29H32N4O3. The van der Waals surface area contributed by atoms with Gasteiger partial charge in [0.2, 0.25) is 0 Å². The van der Waals surface area contributed by atoms with Gasteiger partial charge in [-0.2, -0.15) is 0 Å². The van der Waals surface area contributed by atoms with Crippen LogP contribution in [0.25, 0.3) is 16.7 Å². The van der Waals surface area contributed by atoms with Crippen LogP contribution in [0.15, 0.2) is 54.9 Å². The van der Waals surface area contributed by atoms with Crippen molar-refractivity contribution in [3.05, 3.63) is 66.1 Å². The molecule has 2 aromatic carbocycles. The van der Waals surface area contributed by atoms with E-state index in [9.17, 15) is 0 Å². The summed E-state index contributed by atoms with van der Waals surface area (Å²) in [5, 5.41) is 0. The number of benzene rings is 2. The van der Waals surface area contributed by atoms with Crippen molar-refractivity contribution in [3.8, 4) is 22.9 Å². The molecule has 1 aliphatic carbocycles. The van der Waals surface area contributed by atoms with Gasteiger partial charge in [-0.05, 0) is 55.7 Å². The molecule has 7 heteroatoms. The van der Waals surface area contributed by atoms with Gasteiger partial charge < -0.3 is 24.5 Å². The molecule has 0 radical (unpaired) electrons. The fourth-order valence-corrected chi connectivity index (χ4v) is 5.59. The summed E-state index contributed by atoms with van der Waals surface area (Å²) in [7, 11) is 0. The molecule has 1 saturated carbocycles. The van der Waals surface area contributed by atoms with Crippen LogP contribution in [-0.2, 0) is 11.3 Å². The molecule has 3 heterocycles. The zero-order valence-electron chi connectivity index (χ0n) is 20.7. The second kappa shape index (κ2) is 9.82. The van der Waals surface area contributed by atoms with E-state index in [4.69, 9.17) is 19.9 Å². The molecule has 4 aromatic rings. The van der Waals surface area contributed by atoms with Crippen molar-refractivity contribution >= 4 is 16.9 Å². The molecule has 186 valence electrons. The summed E-state index contributed by atoms with van der Waals surface area (Å²) in [6.07, 6.45) is 9.41. The summed E-state index contributed by atoms with van der Waals surface area (Å²) >= 11 is 0. The number of hydrogen-bond acceptors (Lipinski definition) is 6. The van der Waals surface area contributed by atoms with Gasteiger partial charge in [-0.3, -0.25) is 0 Å². The zero-order chi connectivity index (χ0) is 24.5. The number of hydrogen-bond donors (Lipinski definition) is 1. The van der Waals surface area contributed by atoms with E-state index in [2.05, 4.69) is 14.5 Å². The Labute approximate surface area is 211 Å². The second-order valence-corrected chi connectivity index (χ2v) is 9.82. The molecule has 0 bridgehead atoms. The molecule has 0 amide bonds. The number of aromatic nitrogens is 3. The monoisotopic (exact) mass is 484 g/mol. The highest BCUT2D eigenvalue weighted by Gasteiger charge is 2.30. The maximum Gasteiger partial charge on any atom is 0.151 e. The van der Waals surface area contributed by atoms with E-state index in [0.29, 0.717) is 12.4 Å². The van der Waals surface area contributed by atoms with E-state index < -0.39 is 0 Å². The number of nitrogens with two attached hydrogens (primary N) is 1. The predicted octanol–water partition coefficient (Wildman–Crippen LogP) is 6.74. The third-order valence-corrected chi connectivity index (χ3v) is 7.44. The maximum atomic E-state index is 6.27. The van der Waals surface area contributed by atoms with Crippen LogP contribution in [0.3, 0.4) is 0 Å². The molecule has 36 heavy (non-hydrogen) atoms. The van der Waals surface area contributed by atoms with Crippen molar-refractivity contribution in [1.82, 2.24) is 14.5 Å². The molecule has 1 fully saturated rings. The van der Waals surface area contributed by atoms with Crippen molar-refractivity contribution < 1.29 is 14.2 Å². The van der Waals surface area contributed by atoms with E-state index in [-0.39, 0.29) is 6.10 Å². The molecule has 0 saturated heterocycles. The Morgan fingerprint density at radius 2 is 1.81 bits per heavy atom. The van der Waals surface area contributed by atoms with Gasteiger partial charge in [-0.15, -0.1) is 0 Å². The van der Waals surface area contributed by atoms with Gasteiger partial charge >= 0.3 is 0 Å². The summed E-state index contributed by atoms with van der Waals surface area (Å²) < 4.78 is 20.2. The highest BCUT2D eigenvalue weighted by atomic mass is 16.5. The first-order chi connectivity index (χ1) is 17.7. The number of nitrogens with zero attached hydrogens (tertiary/aromatic N) is 3. The SMILES string of the molecule is CC1OCc2c1c1ncnc(N)c1n2-c1ccc(Oc2cccc(OCCC3CCCCC3)c2)cc1. The first kappa shape index (κ1) is 22.9. The molecule has 2 N–H and O–H groups in total. The van der Waals surface area contributed by atoms with Crippen LogP contribution in [0.5, 0.6) is 17.2 Å². The lowest BCUT2D eigenvalue weighted by molar-refractivity contribution is 0.0783. The molecule has 7 nitrogen and oxygen atoms in total. The molecule has 1 atom stereocenters. The van der Waals surface area contributed by atoms with Gasteiger partial charge in [0.15, 0.2) is 5.82 Å². The third-order valence-electron chi connectivity index (χ3n) is 7.44. The molecule has 2 aliphatic rings. The Balaban J connectivity index is 1.18. The van der Waals surface area contributed by atoms with E-state index in [1.165, 1.54) is 38.4 Å². The summed E-state index contributed by atoms with van der Waals surface area (Å²) in [5.74, 6) is 3.62. The minimum absolute atomic E-state index is 0.0298. The predicted molar refractivity (Wildman–Crippen MR) is 140 cm³/mol. The number of fused-ring (bicyclic) bond motifs is 3. The fraction of sp³-hybridized carbons (Fsp3) is 0.379. The second-order valence-electron chi connectivity index (χ2n) is 9.82. The van der Waals surface area contributed by atoms with E-state index >= 15 is 0 Å². The zero-order valence-corrected chi connectivity index (χ0v) is 20.7. The Kier molecular flexibility index (Phi) is 6.23. The first-order valence-corrected chi connectivity index (χ1v) is 12.9. The van der Waals surface area contributed by atoms with Crippen LogP contribution in [0, 0.1) is 5.92 Å². The van der Waals surface area contributed by atoms with Crippen molar-refractivity contribution in [2.45, 2.75) is 58.2 Å². The molecule has 1 aliphatic heterocycles. The lowest BCUT2D eigenvalue weighted by atomic mass is 9.87. The van der Waals surface area contributed by atoms with Crippen LogP contribution in [-0.4, -0.2) is 21.1 Å². The Morgan fingerprint density at radius 3 is 2.64 bits per heavy atom. The Morgan fingerprint density at radius 1 is 1.00 bits per heavy atom. The van der Waals surface area contributed by atoms with Gasteiger partial charge in [0.05, 0.1) is 25.0 Å². The number of rotatable bonds is 7. The number of anilines is 1. The average Bonchev–Trinajstić information content (AvgIpc) is 3.44. The highest BCUT2D eigenvalue weighted by Crippen LogP contribution is 2.41. The minimum Gasteiger partial charge on any atom is -0.493 e. The van der Waals surface area contributed by atoms with E-state index in [1.807, 2.05) is 55.5 Å². The largest absolute Gasteiger partial charge is 0.493 e. The number of ether oxygens (including phenoxy) is 3. The lowest BCUT2D eigenvalue weighted by Crippen LogP contribution is -2.10. The van der Waals surface area contributed by atoms with Crippen molar-refractivity contribution in [2.75, 3.05) is 12.3 Å². The van der Waals surface area contributed by atoms with Gasteiger partial charge in [0.25, 0.3) is 0 Å². The summed E-state index contributed by atoms with van der Waals surface area (Å²) in [5.41, 5.74) is 11.1. The molecule has 6 rings (SSSR count). The van der Waals surface area contributed by atoms with Gasteiger partial charge in [0, 0.05) is 17.3 Å². The highest BCUT2D eigenvalue weighted by molar-refractivity contribution is 5.91. The smallest absolute Gasteiger partial charge is 0.151 e. The van der Waals surface area contributed by atoms with Gasteiger partial charge in [-0.1, -0.05) is 38.2 Å². The van der Waals surface area contributed by atoms with Crippen LogP contribution in [0.4, 0.5) is 5.82 Å². The maximum absolute atomic E-state index is 6.27. The summed E-state index contributed by atoms with van der Waals surface area (Å²) in [6, 6.07) is 15.8. The minimum atomic E-state index is -0.0298. The summed E-state index contributed by atoms with van der Waals surface area (Å²) in [4.78, 5) is 8.74. The van der Waals surface area contributed by atoms with Crippen LogP contribution in [0.1, 0.15) is 62.8 Å². The van der Waals surface area contributed by atoms with E-state index in [0.717, 1.165) is 64.2 Å². The van der Waals surface area contributed by atoms with Crippen molar-refractivity contribution in [2.24, 2.45) is 5.92 Å². The number of nitrogen functional groups attached to an aromatic ring is 1. The van der Waals surface area contributed by atoms with Crippen LogP contribution >= 0.6 is 0 Å². The molecule has 0 spiro atoms. The van der Waals surface area contributed by atoms with Crippen molar-refractivity contribution in [3.63, 3.8) is 0 Å². The topological polar surface area (TPSA) is 84.4 Å². The van der Waals surface area contributed by atoms with Crippen LogP contribution in [0.2, 0.25) is 0 Å². The van der Waals surface area contributed by atoms with Gasteiger partial charge in [-0.25, -0.2) is 9.97 Å². The van der Waals surface area contributed by atoms with Crippen LogP contribution < -0.4 is 15.2 Å². The first-order valence-electron chi connectivity index (χ1n) is 12.9. The average molecular weight is 485 g/mol. The molecule has 2 aromatic heterocycles. The normalized spacial score (nSPS) is 17.9. The van der Waals surface area contributed by atoms with Gasteiger partial charge in [0.1, 0.15) is 34.6 Å². The standard InChI is InChI=1S/C29H32N4O3/c1-19-26-25(17-35-19)33(28-27(26)31-18-32-29(28)30)21-10-12-22(13-11-21)36-24-9-5-8-23(16-24)34-15-14-20-6-3-2-4-7-20/h5,8-13,16,18-20H,2-4,6-7,14-15,17H2,1H3,(H2,30,31,32). The molecule has 1 unspecified atom stereocenters. The van der Waals surface area contributed by atoms with E-state index in [1.54, 1.807) is 0 Å². The van der Waals surface area contributed by atoms with Crippen molar-refractivity contribution in [1.29, 1.82) is 0 Å². The lowest BCUT2D eigenvalue weighted by Gasteiger charge is -2.21. The fourth-order valence-electron chi connectivity index (χ4n) is 5.59. The third kappa shape index (κ3) is 4.39. The quantitative estimate of drug-likeness (QED) is 0.313. The Bertz CT molecular complexity index is 1360. The summed E-state index contributed by atoms with van der Waals surface area (Å²) in [6.45, 7) is 3.31. The molecular weight excluding hydrogens is 452 g/mol.